The molecule has 0 spiro atoms. The van der Waals surface area contributed by atoms with Crippen LogP contribution in [0.15, 0.2) is 231 Å². The minimum Gasteiger partial charge on any atom is -0.868 e. The van der Waals surface area contributed by atoms with Gasteiger partial charge in [-0.25, -0.2) is 4.98 Å². The van der Waals surface area contributed by atoms with Crippen molar-refractivity contribution in [3.05, 3.63) is 231 Å². The maximum Gasteiger partial charge on any atom is 1.00 e. The number of H-pyrrole nitrogens is 1. The van der Waals surface area contributed by atoms with Gasteiger partial charge in [0.25, 0.3) is 0 Å². The summed E-state index contributed by atoms with van der Waals surface area (Å²) < 4.78 is 5.75. The predicted molar refractivity (Wildman–Crippen MR) is 247 cm³/mol. The van der Waals surface area contributed by atoms with Crippen LogP contribution in [0.2, 0.25) is 1.41 Å². The summed E-state index contributed by atoms with van der Waals surface area (Å²) >= 11 is 0. The molecule has 0 amide bonds. The Morgan fingerprint density at radius 2 is 0.783 bits per heavy atom. The van der Waals surface area contributed by atoms with E-state index < -0.39 is 0 Å². The molecular weight excluding hydrogens is 747 g/mol. The molecule has 0 unspecified atom stereocenters. The molecule has 9 aromatic carbocycles. The molecule has 0 saturated carbocycles. The first-order chi connectivity index (χ1) is 29.6. The molecule has 7 heteroatoms. The molecular formula is C53H41LiN4OP+. The quantitative estimate of drug-likeness (QED) is 0.129. The number of hydrogen-bond acceptors (Lipinski definition) is 4. The second-order valence-electron chi connectivity index (χ2n) is 13.8. The standard InChI is InChI=1S/C44H32N2.C9H7NO.Li.H2NP/c1-3-17-37(18-4-1)45(43-23-11-15-35-13-7-9-21-41(35)43)39-29-25-33(26-30-39)34-27-31-40(32-28-34)46(38-19-5-2-6-20-38)44-24-12-16-36-14-8-10-22-42(36)44;11-8-5-1-3-7-4-2-6-10-9(7)8;;1-2/h1-32H;1-6,11H;;1-2H/q;;+1;/i/hD. The Balaban J connectivity index is 0.000000319. The van der Waals surface area contributed by atoms with Crippen LogP contribution in [0.1, 0.15) is 0 Å². The van der Waals surface area contributed by atoms with Crippen molar-refractivity contribution in [3.63, 3.8) is 0 Å². The topological polar surface area (TPSA) is 67.5 Å². The second kappa shape index (κ2) is 19.6. The van der Waals surface area contributed by atoms with Crippen molar-refractivity contribution in [2.24, 2.45) is 0 Å². The van der Waals surface area contributed by atoms with E-state index in [-0.39, 0.29) is 24.6 Å². The summed E-state index contributed by atoms with van der Waals surface area (Å²) in [6.45, 7) is 0. The molecule has 2 N–H and O–H groups in total. The minimum atomic E-state index is 0. The summed E-state index contributed by atoms with van der Waals surface area (Å²) in [5.41, 5.74) is 9.86. The molecule has 0 atom stereocenters. The average Bonchev–Trinajstić information content (AvgIpc) is 3.31. The fraction of sp³-hybridized carbons (Fsp3) is 0. The first-order valence-electron chi connectivity index (χ1n) is 19.8. The summed E-state index contributed by atoms with van der Waals surface area (Å²) in [5.74, 6) is 0.0445. The monoisotopic (exact) mass is 788 g/mol. The number of aromatic nitrogens is 1. The molecule has 0 aliphatic heterocycles. The van der Waals surface area contributed by atoms with E-state index in [0.29, 0.717) is 5.52 Å². The molecule has 5 nitrogen and oxygen atoms in total. The number of hydrogen-bond donors (Lipinski definition) is 1. The number of benzene rings is 9. The van der Waals surface area contributed by atoms with Gasteiger partial charge in [-0.05, 0) is 109 Å². The van der Waals surface area contributed by atoms with E-state index in [2.05, 4.69) is 223 Å². The smallest absolute Gasteiger partial charge is 0.868 e. The summed E-state index contributed by atoms with van der Waals surface area (Å²) in [4.78, 5) is 7.60. The SMILES string of the molecule is [2H]N=P.[Li+].[O-]c1cccc2ccc[nH+]c12.c1ccc(N(c2ccc(-c3ccc(N(c4ccccc4)c4cccc5ccccc45)cc3)cc2)c2cccc3ccccc23)cc1. The van der Waals surface area contributed by atoms with Gasteiger partial charge in [0.1, 0.15) is 0 Å². The van der Waals surface area contributed by atoms with Crippen molar-refractivity contribution in [1.82, 2.24) is 0 Å². The van der Waals surface area contributed by atoms with Crippen molar-refractivity contribution >= 4 is 75.6 Å². The van der Waals surface area contributed by atoms with E-state index in [9.17, 15) is 5.11 Å². The van der Waals surface area contributed by atoms with Crippen LogP contribution in [0, 0.1) is 5.15 Å². The number of para-hydroxylation sites is 3. The Morgan fingerprint density at radius 3 is 1.25 bits per heavy atom. The summed E-state index contributed by atoms with van der Waals surface area (Å²) in [6, 6.07) is 78.2. The van der Waals surface area contributed by atoms with E-state index in [1.54, 1.807) is 18.3 Å². The Labute approximate surface area is 366 Å². The van der Waals surface area contributed by atoms with E-state index in [1.165, 1.54) is 32.7 Å². The van der Waals surface area contributed by atoms with Gasteiger partial charge in [-0.15, -0.1) is 0 Å². The average molecular weight is 789 g/mol. The Hall–Kier alpha value is -6.99. The van der Waals surface area contributed by atoms with Crippen molar-refractivity contribution in [3.8, 4) is 16.9 Å². The zero-order chi connectivity index (χ0) is 41.1. The number of pyridine rings is 1. The first-order valence-corrected chi connectivity index (χ1v) is 19.8. The van der Waals surface area contributed by atoms with Crippen molar-refractivity contribution < 1.29 is 30.4 Å². The van der Waals surface area contributed by atoms with Crippen LogP contribution >= 0.6 is 9.03 Å². The van der Waals surface area contributed by atoms with Crippen molar-refractivity contribution in [2.45, 2.75) is 0 Å². The molecule has 1 heterocycles. The molecule has 10 rings (SSSR count). The maximum atomic E-state index is 11.1. The van der Waals surface area contributed by atoms with Gasteiger partial charge in [-0.2, -0.15) is 0 Å². The number of rotatable bonds is 7. The Morgan fingerprint density at radius 1 is 0.417 bits per heavy atom. The molecule has 284 valence electrons. The third-order valence-corrected chi connectivity index (χ3v) is 10.3. The first kappa shape index (κ1) is 39.8. The largest absolute Gasteiger partial charge is 1.00 e. The van der Waals surface area contributed by atoms with E-state index in [0.717, 1.165) is 39.5 Å². The predicted octanol–water partition coefficient (Wildman–Crippen LogP) is 11.2. The number of nitrogens with zero attached hydrogens (tertiary/aromatic N) is 2. The van der Waals surface area contributed by atoms with Crippen LogP contribution in [-0.4, -0.2) is 0 Å². The third kappa shape index (κ3) is 8.86. The van der Waals surface area contributed by atoms with Gasteiger partial charge in [0.15, 0.2) is 7.61 Å². The number of fused-ring (bicyclic) bond motifs is 3. The van der Waals surface area contributed by atoms with Crippen LogP contribution in [0.5, 0.6) is 5.75 Å². The molecule has 0 fully saturated rings. The molecule has 0 radical (unpaired) electrons. The molecule has 0 aliphatic rings. The summed E-state index contributed by atoms with van der Waals surface area (Å²) in [6.07, 6.45) is 1.75. The molecule has 1 aromatic heterocycles. The Kier molecular flexibility index (Phi) is 13.0. The number of aromatic amines is 1. The third-order valence-electron chi connectivity index (χ3n) is 10.3. The molecule has 10 aromatic rings. The van der Waals surface area contributed by atoms with E-state index in [1.807, 2.05) is 18.2 Å². The summed E-state index contributed by atoms with van der Waals surface area (Å²) in [7, 11) is 2.48. The van der Waals surface area contributed by atoms with Crippen LogP contribution in [0.4, 0.5) is 34.1 Å². The van der Waals surface area contributed by atoms with Crippen molar-refractivity contribution in [2.75, 3.05) is 9.80 Å². The van der Waals surface area contributed by atoms with Crippen LogP contribution < -0.4 is 38.8 Å². The van der Waals surface area contributed by atoms with Crippen LogP contribution in [-0.2, 0) is 0 Å². The fourth-order valence-electron chi connectivity index (χ4n) is 7.55. The van der Waals surface area contributed by atoms with Gasteiger partial charge in [-0.3, -0.25) is 5.15 Å². The number of anilines is 6. The molecule has 0 aliphatic carbocycles. The minimum absolute atomic E-state index is 0. The molecule has 60 heavy (non-hydrogen) atoms. The van der Waals surface area contributed by atoms with Gasteiger partial charge in [0.2, 0.25) is 5.52 Å². The normalized spacial score (nSPS) is 10.6. The van der Waals surface area contributed by atoms with E-state index >= 15 is 0 Å². The van der Waals surface area contributed by atoms with Gasteiger partial charge >= 0.3 is 18.9 Å². The van der Waals surface area contributed by atoms with Crippen LogP contribution in [0.3, 0.4) is 0 Å². The van der Waals surface area contributed by atoms with Crippen LogP contribution in [0.25, 0.3) is 43.6 Å². The molecule has 0 bridgehead atoms. The Bertz CT molecular complexity index is 2810. The number of nitrogens with one attached hydrogen (secondary N) is 2. The van der Waals surface area contributed by atoms with Gasteiger partial charge in [0, 0.05) is 45.0 Å². The van der Waals surface area contributed by atoms with E-state index in [4.69, 9.17) is 1.41 Å². The van der Waals surface area contributed by atoms with Gasteiger partial charge < -0.3 is 14.9 Å². The maximum absolute atomic E-state index is 11.1. The summed E-state index contributed by atoms with van der Waals surface area (Å²) in [5, 5.41) is 19.6. The zero-order valence-corrected chi connectivity index (χ0v) is 34.2. The fourth-order valence-corrected chi connectivity index (χ4v) is 7.55. The molecule has 0 saturated heterocycles. The van der Waals surface area contributed by atoms with Gasteiger partial charge in [0.05, 0.1) is 11.4 Å². The second-order valence-corrected chi connectivity index (χ2v) is 13.8. The zero-order valence-electron chi connectivity index (χ0n) is 34.2. The van der Waals surface area contributed by atoms with Crippen molar-refractivity contribution in [1.29, 1.82) is 5.15 Å². The van der Waals surface area contributed by atoms with Gasteiger partial charge in [-0.1, -0.05) is 146 Å².